The fraction of sp³-hybridized carbons (Fsp3) is 0. The molecule has 5 heterocycles. The second-order valence-electron chi connectivity index (χ2n) is 16.1. The Morgan fingerprint density at radius 1 is 0.308 bits per heavy atom. The number of aromatic nitrogens is 3. The molecule has 0 N–H and O–H groups in total. The molecule has 65 heavy (non-hydrogen) atoms. The van der Waals surface area contributed by atoms with Crippen LogP contribution in [0.3, 0.4) is 0 Å². The van der Waals surface area contributed by atoms with E-state index in [9.17, 15) is 0 Å². The average Bonchev–Trinajstić information content (AvgIpc) is 4.05. The Balaban J connectivity index is 0.929. The van der Waals surface area contributed by atoms with E-state index in [2.05, 4.69) is 155 Å². The number of para-hydroxylation sites is 2. The highest BCUT2D eigenvalue weighted by Crippen LogP contribution is 2.42. The standard InChI is InChI=1S/C57H35N5O3/c1-3-11-36(12-4-1)38-19-23-40(24-20-38)61(42-27-29-46-44-15-7-9-17-49(44)63-51(46)33-42)53-32-31-48-55-57(65-56(48)59-53)60-54(35-58-55)62(41-25-21-39(22-26-41)37-13-5-2-6-14-37)43-28-30-47-45-16-8-10-18-50(45)64-52(47)34-43/h1-35H. The number of benzene rings is 8. The summed E-state index contributed by atoms with van der Waals surface area (Å²) in [5, 5.41) is 5.00. The molecule has 8 nitrogen and oxygen atoms in total. The number of rotatable bonds is 8. The van der Waals surface area contributed by atoms with Crippen LogP contribution in [0.15, 0.2) is 226 Å². The zero-order chi connectivity index (χ0) is 42.8. The summed E-state index contributed by atoms with van der Waals surface area (Å²) in [6.45, 7) is 0. The van der Waals surface area contributed by atoms with Gasteiger partial charge in [-0.2, -0.15) is 9.97 Å². The van der Waals surface area contributed by atoms with Crippen LogP contribution >= 0.6 is 0 Å². The molecule has 0 aliphatic heterocycles. The van der Waals surface area contributed by atoms with Gasteiger partial charge in [-0.05, 0) is 95.1 Å². The summed E-state index contributed by atoms with van der Waals surface area (Å²) in [5.41, 5.74) is 12.8. The number of furan rings is 3. The molecule has 0 unspecified atom stereocenters. The molecular formula is C57H35N5O3. The first-order valence-electron chi connectivity index (χ1n) is 21.5. The van der Waals surface area contributed by atoms with Crippen molar-refractivity contribution in [3.63, 3.8) is 0 Å². The number of pyridine rings is 1. The molecule has 0 aliphatic carbocycles. The van der Waals surface area contributed by atoms with E-state index in [-0.39, 0.29) is 0 Å². The molecule has 8 aromatic carbocycles. The van der Waals surface area contributed by atoms with Crippen molar-refractivity contribution >= 4 is 101 Å². The first kappa shape index (κ1) is 36.6. The van der Waals surface area contributed by atoms with Crippen LogP contribution in [0.4, 0.5) is 34.4 Å². The van der Waals surface area contributed by atoms with E-state index in [1.54, 1.807) is 6.20 Å². The largest absolute Gasteiger partial charge is 0.456 e. The van der Waals surface area contributed by atoms with Crippen molar-refractivity contribution in [3.05, 3.63) is 212 Å². The number of hydrogen-bond acceptors (Lipinski definition) is 8. The number of hydrogen-bond donors (Lipinski definition) is 0. The van der Waals surface area contributed by atoms with Crippen LogP contribution < -0.4 is 9.80 Å². The molecule has 0 aliphatic rings. The summed E-state index contributed by atoms with van der Waals surface area (Å²) in [5.74, 6) is 1.25. The van der Waals surface area contributed by atoms with Gasteiger partial charge in [0.15, 0.2) is 5.82 Å². The van der Waals surface area contributed by atoms with Crippen LogP contribution in [-0.4, -0.2) is 15.0 Å². The topological polar surface area (TPSA) is 84.6 Å². The Hall–Kier alpha value is -9.01. The minimum Gasteiger partial charge on any atom is -0.456 e. The van der Waals surface area contributed by atoms with Gasteiger partial charge in [0.2, 0.25) is 11.4 Å². The zero-order valence-corrected chi connectivity index (χ0v) is 34.7. The highest BCUT2D eigenvalue weighted by molar-refractivity contribution is 6.07. The molecule has 0 radical (unpaired) electrons. The SMILES string of the molecule is c1ccc(-c2ccc(N(c3ccc4c(c3)oc3ccccc34)c3ccc4c(n3)oc3nc(N(c5ccc(-c6ccccc6)cc5)c5ccc6c(c5)oc5ccccc56)cnc34)cc2)cc1. The first-order chi connectivity index (χ1) is 32.2. The van der Waals surface area contributed by atoms with Crippen LogP contribution in [0.5, 0.6) is 0 Å². The van der Waals surface area contributed by atoms with Gasteiger partial charge in [-0.1, -0.05) is 121 Å². The smallest absolute Gasteiger partial charge is 0.250 e. The highest BCUT2D eigenvalue weighted by atomic mass is 16.4. The maximum atomic E-state index is 6.58. The van der Waals surface area contributed by atoms with Gasteiger partial charge in [0.25, 0.3) is 0 Å². The Labute approximate surface area is 371 Å². The van der Waals surface area contributed by atoms with Gasteiger partial charge in [0, 0.05) is 45.1 Å². The van der Waals surface area contributed by atoms with E-state index in [4.69, 9.17) is 28.2 Å². The highest BCUT2D eigenvalue weighted by Gasteiger charge is 2.22. The third-order valence-electron chi connectivity index (χ3n) is 12.2. The fourth-order valence-corrected chi connectivity index (χ4v) is 9.03. The third kappa shape index (κ3) is 6.27. The molecule has 5 aromatic heterocycles. The molecule has 0 saturated heterocycles. The van der Waals surface area contributed by atoms with E-state index in [0.717, 1.165) is 94.3 Å². The van der Waals surface area contributed by atoms with Crippen molar-refractivity contribution in [1.82, 2.24) is 15.0 Å². The summed E-state index contributed by atoms with van der Waals surface area (Å²) < 4.78 is 19.3. The van der Waals surface area contributed by atoms with Crippen LogP contribution in [0.1, 0.15) is 0 Å². The second kappa shape index (κ2) is 14.8. The zero-order valence-electron chi connectivity index (χ0n) is 34.7. The summed E-state index contributed by atoms with van der Waals surface area (Å²) in [6.07, 6.45) is 1.79. The van der Waals surface area contributed by atoms with Gasteiger partial charge in [-0.3, -0.25) is 9.80 Å². The quantitative estimate of drug-likeness (QED) is 0.150. The van der Waals surface area contributed by atoms with Gasteiger partial charge in [-0.15, -0.1) is 0 Å². The van der Waals surface area contributed by atoms with Crippen molar-refractivity contribution in [1.29, 1.82) is 0 Å². The van der Waals surface area contributed by atoms with E-state index < -0.39 is 0 Å². The van der Waals surface area contributed by atoms with Crippen molar-refractivity contribution in [3.8, 4) is 22.3 Å². The lowest BCUT2D eigenvalue weighted by Crippen LogP contribution is -2.12. The van der Waals surface area contributed by atoms with Gasteiger partial charge in [0.05, 0.1) is 23.0 Å². The normalized spacial score (nSPS) is 11.7. The minimum atomic E-state index is 0.375. The lowest BCUT2D eigenvalue weighted by Gasteiger charge is -2.24. The Morgan fingerprint density at radius 2 is 0.738 bits per heavy atom. The summed E-state index contributed by atoms with van der Waals surface area (Å²) in [6, 6.07) is 70.5. The lowest BCUT2D eigenvalue weighted by atomic mass is 10.0. The van der Waals surface area contributed by atoms with E-state index in [1.165, 1.54) is 0 Å². The number of nitrogens with zero attached hydrogens (tertiary/aromatic N) is 5. The molecule has 0 bridgehead atoms. The summed E-state index contributed by atoms with van der Waals surface area (Å²) in [4.78, 5) is 19.5. The van der Waals surface area contributed by atoms with Crippen molar-refractivity contribution < 1.29 is 13.3 Å². The molecule has 13 rings (SSSR count). The van der Waals surface area contributed by atoms with E-state index >= 15 is 0 Å². The number of fused-ring (bicyclic) bond motifs is 9. The molecule has 13 aromatic rings. The molecule has 0 amide bonds. The van der Waals surface area contributed by atoms with Gasteiger partial charge < -0.3 is 13.3 Å². The molecule has 306 valence electrons. The van der Waals surface area contributed by atoms with Crippen LogP contribution in [0.25, 0.3) is 88.5 Å². The summed E-state index contributed by atoms with van der Waals surface area (Å²) in [7, 11) is 0. The van der Waals surface area contributed by atoms with Gasteiger partial charge in [-0.25, -0.2) is 4.98 Å². The van der Waals surface area contributed by atoms with Crippen molar-refractivity contribution in [2.75, 3.05) is 9.80 Å². The third-order valence-corrected chi connectivity index (χ3v) is 12.2. The predicted molar refractivity (Wildman–Crippen MR) is 262 cm³/mol. The fourth-order valence-electron chi connectivity index (χ4n) is 9.03. The molecule has 0 atom stereocenters. The van der Waals surface area contributed by atoms with Crippen LogP contribution in [0.2, 0.25) is 0 Å². The van der Waals surface area contributed by atoms with Crippen molar-refractivity contribution in [2.45, 2.75) is 0 Å². The summed E-state index contributed by atoms with van der Waals surface area (Å²) >= 11 is 0. The van der Waals surface area contributed by atoms with Crippen LogP contribution in [-0.2, 0) is 0 Å². The molecular weight excluding hydrogens is 803 g/mol. The second-order valence-corrected chi connectivity index (χ2v) is 16.1. The average molecular weight is 838 g/mol. The van der Waals surface area contributed by atoms with Crippen molar-refractivity contribution in [2.24, 2.45) is 0 Å². The maximum absolute atomic E-state index is 6.58. The molecule has 0 fully saturated rings. The molecule has 8 heteroatoms. The lowest BCUT2D eigenvalue weighted by molar-refractivity contribution is 0.639. The van der Waals surface area contributed by atoms with Gasteiger partial charge in [0.1, 0.15) is 33.7 Å². The molecule has 0 saturated carbocycles. The maximum Gasteiger partial charge on any atom is 0.250 e. The van der Waals surface area contributed by atoms with E-state index in [1.807, 2.05) is 60.7 Å². The van der Waals surface area contributed by atoms with Gasteiger partial charge >= 0.3 is 0 Å². The van der Waals surface area contributed by atoms with Crippen LogP contribution in [0, 0.1) is 0 Å². The Morgan fingerprint density at radius 3 is 1.29 bits per heavy atom. The monoisotopic (exact) mass is 837 g/mol. The van der Waals surface area contributed by atoms with E-state index in [0.29, 0.717) is 28.6 Å². The first-order valence-corrected chi connectivity index (χ1v) is 21.5. The Bertz CT molecular complexity index is 3640. The Kier molecular flexibility index (Phi) is 8.35. The minimum absolute atomic E-state index is 0.375. The molecule has 0 spiro atoms. The number of anilines is 6. The predicted octanol–water partition coefficient (Wildman–Crippen LogP) is 15.8.